The van der Waals surface area contributed by atoms with Gasteiger partial charge in [0.05, 0.1) is 12.9 Å². The molecule has 0 aromatic carbocycles. The Kier molecular flexibility index (Phi) is 4.61. The first kappa shape index (κ1) is 17.6. The zero-order valence-electron chi connectivity index (χ0n) is 11.7. The summed E-state index contributed by atoms with van der Waals surface area (Å²) in [5.74, 6) is 0. The van der Waals surface area contributed by atoms with Gasteiger partial charge in [-0.1, -0.05) is 0 Å². The Morgan fingerprint density at radius 3 is 2.79 bits per heavy atom. The summed E-state index contributed by atoms with van der Waals surface area (Å²) in [5, 5.41) is 20.1. The van der Waals surface area contributed by atoms with Crippen LogP contribution >= 0.6 is 23.8 Å². The van der Waals surface area contributed by atoms with Crippen LogP contribution < -0.4 is 5.56 Å². The topological polar surface area (TPSA) is 180 Å². The zero-order valence-corrected chi connectivity index (χ0v) is 14.2. The Bertz CT molecular complexity index is 864. The molecule has 5 N–H and O–H groups in total. The quantitative estimate of drug-likeness (QED) is 0.288. The average molecular weight is 427 g/mol. The van der Waals surface area contributed by atoms with Gasteiger partial charge in [0.15, 0.2) is 22.1 Å². The molecule has 0 radical (unpaired) electrons. The molecule has 14 heteroatoms. The second kappa shape index (κ2) is 6.28. The van der Waals surface area contributed by atoms with Gasteiger partial charge in [-0.2, -0.15) is 0 Å². The average Bonchev–Trinajstić information content (AvgIpc) is 3.00. The van der Waals surface area contributed by atoms with E-state index in [0.29, 0.717) is 0 Å². The Balaban J connectivity index is 1.90. The predicted molar refractivity (Wildman–Crippen MR) is 79.8 cm³/mol. The number of phosphoric acid groups is 1. The van der Waals surface area contributed by atoms with Crippen molar-refractivity contribution < 1.29 is 33.8 Å². The van der Waals surface area contributed by atoms with Crippen molar-refractivity contribution in [1.29, 1.82) is 0 Å². The fourth-order valence-corrected chi connectivity index (χ4v) is 3.04. The number of phosphoric ester groups is 1. The number of aromatic amines is 1. The summed E-state index contributed by atoms with van der Waals surface area (Å²) in [6.07, 6.45) is -4.08. The van der Waals surface area contributed by atoms with Crippen molar-refractivity contribution in [1.82, 2.24) is 19.5 Å². The van der Waals surface area contributed by atoms with Gasteiger partial charge in [-0.05, 0) is 15.9 Å². The van der Waals surface area contributed by atoms with Crippen LogP contribution in [0.5, 0.6) is 0 Å². The largest absolute Gasteiger partial charge is 0.469 e. The van der Waals surface area contributed by atoms with Crippen LogP contribution in [0.25, 0.3) is 11.2 Å². The first-order valence-corrected chi connectivity index (χ1v) is 8.84. The van der Waals surface area contributed by atoms with Gasteiger partial charge in [-0.3, -0.25) is 18.9 Å². The standard InChI is InChI=1S/C10H12BrN4O8P/c11-10-13-7-4(8(18)14-10)12-2-15(7)9-6(17)5(16)3(23-9)1-22-24(19,20)21/h2-3,5-6,9,16-17H,1H2,(H,13,14,18)(H2,19,20,21)/t3-,5-,6-,9-/m1/s1. The van der Waals surface area contributed by atoms with Gasteiger partial charge in [0.25, 0.3) is 5.56 Å². The van der Waals surface area contributed by atoms with Crippen LogP contribution in [0.3, 0.4) is 0 Å². The first-order chi connectivity index (χ1) is 11.2. The van der Waals surface area contributed by atoms with E-state index in [9.17, 15) is 19.6 Å². The molecule has 0 aliphatic carbocycles. The molecule has 1 aliphatic rings. The summed E-state index contributed by atoms with van der Waals surface area (Å²) in [6.45, 7) is -0.636. The van der Waals surface area contributed by atoms with Crippen molar-refractivity contribution in [2.45, 2.75) is 24.5 Å². The number of fused-ring (bicyclic) bond motifs is 1. The second-order valence-corrected chi connectivity index (χ2v) is 7.00. The molecule has 0 bridgehead atoms. The summed E-state index contributed by atoms with van der Waals surface area (Å²) in [7, 11) is -4.75. The van der Waals surface area contributed by atoms with Gasteiger partial charge in [0.1, 0.15) is 18.3 Å². The van der Waals surface area contributed by atoms with Crippen LogP contribution in [0, 0.1) is 0 Å². The Morgan fingerprint density at radius 2 is 2.12 bits per heavy atom. The number of halogens is 1. The van der Waals surface area contributed by atoms with Gasteiger partial charge in [-0.25, -0.2) is 14.5 Å². The summed E-state index contributed by atoms with van der Waals surface area (Å²) in [4.78, 5) is 39.5. The molecule has 1 aliphatic heterocycles. The van der Waals surface area contributed by atoms with Crippen LogP contribution in [0.1, 0.15) is 6.23 Å². The lowest BCUT2D eigenvalue weighted by Crippen LogP contribution is -2.33. The highest BCUT2D eigenvalue weighted by Crippen LogP contribution is 2.38. The third-order valence-electron chi connectivity index (χ3n) is 3.42. The van der Waals surface area contributed by atoms with E-state index in [4.69, 9.17) is 14.5 Å². The second-order valence-electron chi connectivity index (χ2n) is 5.01. The number of nitrogens with one attached hydrogen (secondary N) is 1. The number of nitrogens with zero attached hydrogens (tertiary/aromatic N) is 3. The van der Waals surface area contributed by atoms with Crippen LogP contribution in [0.4, 0.5) is 0 Å². The third-order valence-corrected chi connectivity index (χ3v) is 4.28. The summed E-state index contributed by atoms with van der Waals surface area (Å²) >= 11 is 3.03. The van der Waals surface area contributed by atoms with Gasteiger partial charge < -0.3 is 24.7 Å². The van der Waals surface area contributed by atoms with Gasteiger partial charge in [0.2, 0.25) is 0 Å². The van der Waals surface area contributed by atoms with E-state index < -0.39 is 44.5 Å². The molecule has 24 heavy (non-hydrogen) atoms. The van der Waals surface area contributed by atoms with Crippen molar-refractivity contribution in [2.75, 3.05) is 6.61 Å². The molecule has 3 heterocycles. The van der Waals surface area contributed by atoms with E-state index in [1.165, 1.54) is 10.9 Å². The number of imidazole rings is 1. The number of ether oxygens (including phenoxy) is 1. The third kappa shape index (κ3) is 3.30. The van der Waals surface area contributed by atoms with Crippen LogP contribution in [0.2, 0.25) is 0 Å². The van der Waals surface area contributed by atoms with Crippen LogP contribution in [-0.4, -0.2) is 64.4 Å². The van der Waals surface area contributed by atoms with Crippen molar-refractivity contribution >= 4 is 34.9 Å². The predicted octanol–water partition coefficient (Wildman–Crippen LogP) is -1.39. The van der Waals surface area contributed by atoms with E-state index in [0.717, 1.165) is 0 Å². The molecule has 0 spiro atoms. The molecule has 1 saturated heterocycles. The Morgan fingerprint density at radius 1 is 1.42 bits per heavy atom. The number of aromatic nitrogens is 4. The Hall–Kier alpha value is -1.18. The molecule has 132 valence electrons. The molecule has 2 aromatic rings. The molecule has 2 aromatic heterocycles. The summed E-state index contributed by atoms with van der Waals surface area (Å²) in [5.41, 5.74) is -0.420. The SMILES string of the molecule is O=c1[nH]c(Br)nc2c1ncn2[C@@H]1O[C@H](COP(=O)(O)O)[C@@H](O)[C@H]1O. The highest BCUT2D eigenvalue weighted by atomic mass is 79.9. The highest BCUT2D eigenvalue weighted by molar-refractivity contribution is 9.10. The van der Waals surface area contributed by atoms with E-state index >= 15 is 0 Å². The lowest BCUT2D eigenvalue weighted by molar-refractivity contribution is -0.0504. The maximum absolute atomic E-state index is 11.8. The molecule has 0 amide bonds. The molecule has 3 rings (SSSR count). The number of aliphatic hydroxyl groups is 2. The number of rotatable bonds is 4. The number of hydrogen-bond donors (Lipinski definition) is 5. The fourth-order valence-electron chi connectivity index (χ4n) is 2.35. The molecule has 4 atom stereocenters. The monoisotopic (exact) mass is 426 g/mol. The van der Waals surface area contributed by atoms with Crippen molar-refractivity contribution in [3.05, 3.63) is 21.4 Å². The molecular weight excluding hydrogens is 415 g/mol. The maximum atomic E-state index is 11.8. The molecule has 12 nitrogen and oxygen atoms in total. The first-order valence-electron chi connectivity index (χ1n) is 6.51. The van der Waals surface area contributed by atoms with Crippen molar-refractivity contribution in [3.63, 3.8) is 0 Å². The summed E-state index contributed by atoms with van der Waals surface area (Å²) in [6, 6.07) is 0. The van der Waals surface area contributed by atoms with E-state index in [2.05, 4.69) is 35.4 Å². The normalized spacial score (nSPS) is 27.9. The number of H-pyrrole nitrogens is 1. The lowest BCUT2D eigenvalue weighted by atomic mass is 10.1. The van der Waals surface area contributed by atoms with Gasteiger partial charge in [-0.15, -0.1) is 0 Å². The minimum Gasteiger partial charge on any atom is -0.387 e. The van der Waals surface area contributed by atoms with E-state index in [1.807, 2.05) is 0 Å². The smallest absolute Gasteiger partial charge is 0.387 e. The minimum absolute atomic E-state index is 0.00147. The molecular formula is C10H12BrN4O8P. The van der Waals surface area contributed by atoms with Gasteiger partial charge >= 0.3 is 7.82 Å². The minimum atomic E-state index is -4.75. The van der Waals surface area contributed by atoms with E-state index in [1.54, 1.807) is 0 Å². The van der Waals surface area contributed by atoms with Gasteiger partial charge in [0, 0.05) is 0 Å². The molecule has 0 saturated carbocycles. The maximum Gasteiger partial charge on any atom is 0.469 e. The summed E-state index contributed by atoms with van der Waals surface area (Å²) < 4.78 is 21.8. The van der Waals surface area contributed by atoms with Crippen molar-refractivity contribution in [2.24, 2.45) is 0 Å². The lowest BCUT2D eigenvalue weighted by Gasteiger charge is -2.16. The molecule has 1 fully saturated rings. The number of aliphatic hydroxyl groups excluding tert-OH is 2. The van der Waals surface area contributed by atoms with Crippen molar-refractivity contribution in [3.8, 4) is 0 Å². The van der Waals surface area contributed by atoms with E-state index in [-0.39, 0.29) is 15.9 Å². The molecule has 0 unspecified atom stereocenters. The number of hydrogen-bond acceptors (Lipinski definition) is 8. The fraction of sp³-hybridized carbons (Fsp3) is 0.500. The van der Waals surface area contributed by atoms with Crippen LogP contribution in [-0.2, 0) is 13.8 Å². The Labute approximate surface area is 141 Å². The highest BCUT2D eigenvalue weighted by Gasteiger charge is 2.45. The van der Waals surface area contributed by atoms with Crippen LogP contribution in [0.15, 0.2) is 15.9 Å². The zero-order chi connectivity index (χ0) is 17.6.